The molecule has 0 aliphatic rings. The number of thiophene rings is 1. The molecule has 0 bridgehead atoms. The first-order valence-corrected chi connectivity index (χ1v) is 12.2. The Morgan fingerprint density at radius 3 is 2.62 bits per heavy atom. The van der Waals surface area contributed by atoms with Gasteiger partial charge in [0.25, 0.3) is 5.56 Å². The normalized spacial score (nSPS) is 12.7. The van der Waals surface area contributed by atoms with Crippen LogP contribution in [0.4, 0.5) is 0 Å². The van der Waals surface area contributed by atoms with E-state index in [4.69, 9.17) is 13.9 Å². The highest BCUT2D eigenvalue weighted by atomic mass is 32.1. The van der Waals surface area contributed by atoms with Crippen LogP contribution in [0.15, 0.2) is 50.7 Å². The molecule has 0 amide bonds. The Morgan fingerprint density at radius 1 is 1.27 bits per heavy atom. The van der Waals surface area contributed by atoms with Gasteiger partial charge < -0.3 is 24.1 Å². The second-order valence-electron chi connectivity index (χ2n) is 8.80. The van der Waals surface area contributed by atoms with Gasteiger partial charge in [0.2, 0.25) is 5.89 Å². The number of aromatic nitrogens is 3. The standard InChI is InChI=1S/C25H27N3O8S/c1-14-18-21(30)28(25(2,3)23(31)32)24(33)27(22(18)37-19(14)20-26-9-11-36-20)13-17(35-12-10-29)15-7-5-6-8-16(15)34-4/h5-9,11,17,29H,10,12-13H2,1-4H3,(H,31,32)/t17-/m1/s1. The molecule has 1 atom stereocenters. The Bertz CT molecular complexity index is 1550. The molecule has 3 aromatic heterocycles. The number of rotatable bonds is 10. The minimum absolute atomic E-state index is 0.0219. The fourth-order valence-corrected chi connectivity index (χ4v) is 5.41. The quantitative estimate of drug-likeness (QED) is 0.317. The molecular weight excluding hydrogens is 502 g/mol. The van der Waals surface area contributed by atoms with Gasteiger partial charge in [-0.05, 0) is 32.4 Å². The van der Waals surface area contributed by atoms with Crippen molar-refractivity contribution in [2.45, 2.75) is 39.0 Å². The van der Waals surface area contributed by atoms with Crippen molar-refractivity contribution in [3.8, 4) is 16.5 Å². The second-order valence-corrected chi connectivity index (χ2v) is 9.80. The molecule has 0 spiro atoms. The smallest absolute Gasteiger partial charge is 0.333 e. The minimum atomic E-state index is -1.84. The Labute approximate surface area is 215 Å². The maximum Gasteiger partial charge on any atom is 0.333 e. The third kappa shape index (κ3) is 4.59. The van der Waals surface area contributed by atoms with E-state index >= 15 is 0 Å². The van der Waals surface area contributed by atoms with Crippen molar-refractivity contribution >= 4 is 27.5 Å². The average molecular weight is 530 g/mol. The molecule has 11 nitrogen and oxygen atoms in total. The fourth-order valence-electron chi connectivity index (χ4n) is 4.17. The zero-order valence-electron chi connectivity index (χ0n) is 20.8. The number of para-hydroxylation sites is 1. The zero-order valence-corrected chi connectivity index (χ0v) is 21.6. The number of hydrogen-bond donors (Lipinski definition) is 2. The maximum absolute atomic E-state index is 13.9. The van der Waals surface area contributed by atoms with Crippen LogP contribution < -0.4 is 16.0 Å². The van der Waals surface area contributed by atoms with Crippen LogP contribution in [-0.2, 0) is 21.6 Å². The summed E-state index contributed by atoms with van der Waals surface area (Å²) in [7, 11) is 1.51. The molecule has 3 heterocycles. The summed E-state index contributed by atoms with van der Waals surface area (Å²) in [6, 6.07) is 7.10. The van der Waals surface area contributed by atoms with Gasteiger partial charge in [0.15, 0.2) is 0 Å². The van der Waals surface area contributed by atoms with E-state index < -0.39 is 28.9 Å². The average Bonchev–Trinajstić information content (AvgIpc) is 3.51. The van der Waals surface area contributed by atoms with Gasteiger partial charge in [0.1, 0.15) is 28.5 Å². The van der Waals surface area contributed by atoms with Gasteiger partial charge in [0.05, 0.1) is 43.3 Å². The monoisotopic (exact) mass is 529 g/mol. The zero-order chi connectivity index (χ0) is 26.9. The first-order chi connectivity index (χ1) is 17.6. The number of oxazole rings is 1. The lowest BCUT2D eigenvalue weighted by atomic mass is 10.1. The summed E-state index contributed by atoms with van der Waals surface area (Å²) in [6.07, 6.45) is 2.10. The van der Waals surface area contributed by atoms with Crippen molar-refractivity contribution in [3.63, 3.8) is 0 Å². The van der Waals surface area contributed by atoms with Gasteiger partial charge in [-0.1, -0.05) is 18.2 Å². The van der Waals surface area contributed by atoms with Crippen LogP contribution in [0.5, 0.6) is 5.75 Å². The molecule has 196 valence electrons. The van der Waals surface area contributed by atoms with Crippen molar-refractivity contribution in [3.05, 3.63) is 68.7 Å². The lowest BCUT2D eigenvalue weighted by Gasteiger charge is -2.25. The molecule has 0 aliphatic heterocycles. The number of benzene rings is 1. The second kappa shape index (κ2) is 10.3. The third-order valence-corrected chi connectivity index (χ3v) is 7.47. The molecule has 4 aromatic rings. The van der Waals surface area contributed by atoms with Crippen molar-refractivity contribution in [2.24, 2.45) is 0 Å². The number of hydrogen-bond acceptors (Lipinski definition) is 9. The van der Waals surface area contributed by atoms with E-state index in [9.17, 15) is 24.6 Å². The highest BCUT2D eigenvalue weighted by Crippen LogP contribution is 2.37. The van der Waals surface area contributed by atoms with Gasteiger partial charge in [0, 0.05) is 5.56 Å². The first-order valence-electron chi connectivity index (χ1n) is 11.4. The number of aliphatic hydroxyl groups excluding tert-OH is 1. The molecule has 0 aliphatic carbocycles. The minimum Gasteiger partial charge on any atom is -0.496 e. The molecule has 0 radical (unpaired) electrons. The van der Waals surface area contributed by atoms with Crippen molar-refractivity contribution in [1.29, 1.82) is 0 Å². The first kappa shape index (κ1) is 26.3. The number of aliphatic carboxylic acids is 1. The molecule has 0 unspecified atom stereocenters. The molecule has 0 saturated carbocycles. The summed E-state index contributed by atoms with van der Waals surface area (Å²) >= 11 is 1.15. The molecule has 0 saturated heterocycles. The van der Waals surface area contributed by atoms with Crippen LogP contribution in [0.3, 0.4) is 0 Å². The number of nitrogens with zero attached hydrogens (tertiary/aromatic N) is 3. The summed E-state index contributed by atoms with van der Waals surface area (Å²) in [6.45, 7) is 3.93. The maximum atomic E-state index is 13.9. The Hall–Kier alpha value is -3.74. The highest BCUT2D eigenvalue weighted by molar-refractivity contribution is 7.22. The number of aryl methyl sites for hydroxylation is 1. The molecule has 37 heavy (non-hydrogen) atoms. The van der Waals surface area contributed by atoms with Gasteiger partial charge in [-0.15, -0.1) is 11.3 Å². The van der Waals surface area contributed by atoms with Crippen LogP contribution in [0, 0.1) is 6.92 Å². The summed E-state index contributed by atoms with van der Waals surface area (Å²) in [5, 5.41) is 19.5. The van der Waals surface area contributed by atoms with Crippen LogP contribution >= 0.6 is 11.3 Å². The Kier molecular flexibility index (Phi) is 7.35. The summed E-state index contributed by atoms with van der Waals surface area (Å²) in [4.78, 5) is 44.7. The van der Waals surface area contributed by atoms with E-state index in [0.29, 0.717) is 26.6 Å². The lowest BCUT2D eigenvalue weighted by Crippen LogP contribution is -2.52. The van der Waals surface area contributed by atoms with Crippen molar-refractivity contribution in [2.75, 3.05) is 20.3 Å². The molecule has 2 N–H and O–H groups in total. The van der Waals surface area contributed by atoms with Crippen LogP contribution in [0.25, 0.3) is 21.0 Å². The van der Waals surface area contributed by atoms with E-state index in [1.54, 1.807) is 31.2 Å². The lowest BCUT2D eigenvalue weighted by molar-refractivity contribution is -0.146. The predicted octanol–water partition coefficient (Wildman–Crippen LogP) is 2.77. The molecule has 1 aromatic carbocycles. The van der Waals surface area contributed by atoms with Crippen molar-refractivity contribution < 1.29 is 28.9 Å². The number of aliphatic hydroxyl groups is 1. The van der Waals surface area contributed by atoms with E-state index in [-0.39, 0.29) is 31.0 Å². The van der Waals surface area contributed by atoms with Crippen LogP contribution in [0.1, 0.15) is 31.1 Å². The van der Waals surface area contributed by atoms with Crippen LogP contribution in [-0.4, -0.2) is 50.6 Å². The molecule has 4 rings (SSSR count). The van der Waals surface area contributed by atoms with Gasteiger partial charge in [-0.25, -0.2) is 19.1 Å². The highest BCUT2D eigenvalue weighted by Gasteiger charge is 2.36. The summed E-state index contributed by atoms with van der Waals surface area (Å²) in [5.74, 6) is -0.549. The van der Waals surface area contributed by atoms with Crippen molar-refractivity contribution in [1.82, 2.24) is 14.1 Å². The fraction of sp³-hybridized carbons (Fsp3) is 0.360. The van der Waals surface area contributed by atoms with Gasteiger partial charge in [-0.2, -0.15) is 0 Å². The van der Waals surface area contributed by atoms with Gasteiger partial charge >= 0.3 is 11.7 Å². The van der Waals surface area contributed by atoms with E-state index in [1.165, 1.54) is 38.0 Å². The van der Waals surface area contributed by atoms with E-state index in [1.807, 2.05) is 0 Å². The number of methoxy groups -OCH3 is 1. The van der Waals surface area contributed by atoms with Gasteiger partial charge in [-0.3, -0.25) is 9.36 Å². The molecular formula is C25H27N3O8S. The molecule has 12 heteroatoms. The number of fused-ring (bicyclic) bond motifs is 1. The molecule has 0 fully saturated rings. The SMILES string of the molecule is COc1ccccc1[C@@H](Cn1c(=O)n(C(C)(C)C(=O)O)c(=O)c2c(C)c(-c3ncco3)sc21)OCCO. The van der Waals surface area contributed by atoms with E-state index in [0.717, 1.165) is 15.9 Å². The number of carboxylic acid groups (broad SMARTS) is 1. The Morgan fingerprint density at radius 2 is 2.00 bits per heavy atom. The summed E-state index contributed by atoms with van der Waals surface area (Å²) in [5.41, 5.74) is -2.23. The largest absolute Gasteiger partial charge is 0.496 e. The number of ether oxygens (including phenoxy) is 2. The number of carbonyl (C=O) groups is 1. The van der Waals surface area contributed by atoms with E-state index in [2.05, 4.69) is 4.98 Å². The van der Waals surface area contributed by atoms with Crippen LogP contribution in [0.2, 0.25) is 0 Å². The number of carboxylic acids is 1. The summed E-state index contributed by atoms with van der Waals surface area (Å²) < 4.78 is 18.9. The Balaban J connectivity index is 2.04. The predicted molar refractivity (Wildman–Crippen MR) is 136 cm³/mol. The third-order valence-electron chi connectivity index (χ3n) is 6.17. The topological polar surface area (TPSA) is 146 Å².